The summed E-state index contributed by atoms with van der Waals surface area (Å²) in [6.45, 7) is 8.15. The van der Waals surface area contributed by atoms with Crippen molar-refractivity contribution < 1.29 is 9.53 Å². The van der Waals surface area contributed by atoms with E-state index < -0.39 is 0 Å². The van der Waals surface area contributed by atoms with Gasteiger partial charge in [0.05, 0.1) is 18.1 Å². The van der Waals surface area contributed by atoms with Gasteiger partial charge in [-0.25, -0.2) is 0 Å². The number of ether oxygens (including phenoxy) is 1. The summed E-state index contributed by atoms with van der Waals surface area (Å²) >= 11 is 6.63. The van der Waals surface area contributed by atoms with Crippen LogP contribution in [0.2, 0.25) is 0 Å². The molecule has 166 valence electrons. The van der Waals surface area contributed by atoms with Gasteiger partial charge in [-0.1, -0.05) is 24.0 Å². The molecule has 2 saturated heterocycles. The van der Waals surface area contributed by atoms with E-state index in [0.717, 1.165) is 37.6 Å². The predicted octanol–water partition coefficient (Wildman–Crippen LogP) is 1.65. The highest BCUT2D eigenvalue weighted by Crippen LogP contribution is 2.35. The highest BCUT2D eigenvalue weighted by Gasteiger charge is 2.33. The Labute approximate surface area is 192 Å². The molecule has 8 nitrogen and oxygen atoms in total. The Morgan fingerprint density at radius 2 is 1.94 bits per heavy atom. The molecule has 2 aliphatic heterocycles. The third-order valence-electron chi connectivity index (χ3n) is 5.63. The number of methoxy groups -OCH3 is 1. The van der Waals surface area contributed by atoms with Crippen LogP contribution in [0.3, 0.4) is 0 Å². The fourth-order valence-corrected chi connectivity index (χ4v) is 5.09. The van der Waals surface area contributed by atoms with Crippen LogP contribution in [0.25, 0.3) is 6.08 Å². The van der Waals surface area contributed by atoms with Crippen LogP contribution in [0.5, 0.6) is 0 Å². The van der Waals surface area contributed by atoms with Crippen molar-refractivity contribution in [1.29, 1.82) is 5.26 Å². The Morgan fingerprint density at radius 1 is 1.26 bits per heavy atom. The number of thioether (sulfide) groups is 1. The van der Waals surface area contributed by atoms with Crippen molar-refractivity contribution >= 4 is 46.1 Å². The number of carbonyl (C=O) groups is 1. The van der Waals surface area contributed by atoms with E-state index in [4.69, 9.17) is 17.0 Å². The SMILES string of the molecule is CCn1c(N2CCN(C)CC2)c(C=C2SC(=S)N(CCOC)C2=O)c(C)c(C#N)c1=O. The number of nitriles is 1. The first-order chi connectivity index (χ1) is 14.8. The molecule has 0 aliphatic carbocycles. The number of anilines is 1. The Bertz CT molecular complexity index is 1020. The first kappa shape index (κ1) is 23.5. The standard InChI is InChI=1S/C21H27N5O3S2/c1-5-25-18(24-8-6-23(3)7-9-24)15(14(2)16(13-22)19(25)27)12-17-20(28)26(10-11-29-4)21(30)31-17/h12H,5-11H2,1-4H3. The van der Waals surface area contributed by atoms with Crippen LogP contribution < -0.4 is 10.5 Å². The second-order valence-corrected chi connectivity index (χ2v) is 9.19. The molecule has 0 bridgehead atoms. The van der Waals surface area contributed by atoms with Crippen LogP contribution >= 0.6 is 24.0 Å². The number of aromatic nitrogens is 1. The van der Waals surface area contributed by atoms with Gasteiger partial charge in [-0.05, 0) is 32.5 Å². The van der Waals surface area contributed by atoms with Gasteiger partial charge in [-0.2, -0.15) is 5.26 Å². The second-order valence-electron chi connectivity index (χ2n) is 7.51. The quantitative estimate of drug-likeness (QED) is 0.467. The summed E-state index contributed by atoms with van der Waals surface area (Å²) in [5, 5.41) is 9.65. The second kappa shape index (κ2) is 9.96. The molecule has 1 aromatic rings. The van der Waals surface area contributed by atoms with Gasteiger partial charge < -0.3 is 14.5 Å². The Morgan fingerprint density at radius 3 is 2.52 bits per heavy atom. The number of carbonyl (C=O) groups excluding carboxylic acids is 1. The summed E-state index contributed by atoms with van der Waals surface area (Å²) in [5.74, 6) is 0.586. The number of hydrogen-bond acceptors (Lipinski definition) is 8. The molecule has 0 unspecified atom stereocenters. The number of likely N-dealkylation sites (N-methyl/N-ethyl adjacent to an activating group) is 1. The number of piperazine rings is 1. The van der Waals surface area contributed by atoms with Crippen molar-refractivity contribution in [3.63, 3.8) is 0 Å². The molecule has 3 rings (SSSR count). The van der Waals surface area contributed by atoms with E-state index in [2.05, 4.69) is 22.9 Å². The largest absolute Gasteiger partial charge is 0.383 e. The van der Waals surface area contributed by atoms with Gasteiger partial charge in [0.1, 0.15) is 21.8 Å². The van der Waals surface area contributed by atoms with Crippen molar-refractivity contribution in [2.24, 2.45) is 0 Å². The molecule has 2 aliphatic rings. The van der Waals surface area contributed by atoms with Gasteiger partial charge in [0.2, 0.25) is 0 Å². The van der Waals surface area contributed by atoms with Crippen molar-refractivity contribution in [1.82, 2.24) is 14.4 Å². The molecule has 2 fully saturated rings. The lowest BCUT2D eigenvalue weighted by Gasteiger charge is -2.36. The molecule has 0 atom stereocenters. The zero-order valence-corrected chi connectivity index (χ0v) is 19.9. The average Bonchev–Trinajstić information content (AvgIpc) is 3.02. The van der Waals surface area contributed by atoms with Crippen LogP contribution in [0, 0.1) is 18.3 Å². The maximum absolute atomic E-state index is 13.0. The van der Waals surface area contributed by atoms with E-state index in [0.29, 0.717) is 34.5 Å². The Hall–Kier alpha value is -2.19. The van der Waals surface area contributed by atoms with E-state index in [9.17, 15) is 14.9 Å². The van der Waals surface area contributed by atoms with E-state index in [1.165, 1.54) is 16.7 Å². The van der Waals surface area contributed by atoms with Crippen molar-refractivity contribution in [3.8, 4) is 6.07 Å². The van der Waals surface area contributed by atoms with Crippen LogP contribution in [0.15, 0.2) is 9.70 Å². The van der Waals surface area contributed by atoms with Crippen molar-refractivity contribution in [3.05, 3.63) is 31.9 Å². The van der Waals surface area contributed by atoms with E-state index in [-0.39, 0.29) is 17.0 Å². The highest BCUT2D eigenvalue weighted by molar-refractivity contribution is 8.26. The van der Waals surface area contributed by atoms with Crippen LogP contribution in [-0.2, 0) is 16.1 Å². The minimum atomic E-state index is -0.291. The fraction of sp³-hybridized carbons (Fsp3) is 0.524. The fourth-order valence-electron chi connectivity index (χ4n) is 3.80. The van der Waals surface area contributed by atoms with Crippen LogP contribution in [0.1, 0.15) is 23.6 Å². The predicted molar refractivity (Wildman–Crippen MR) is 127 cm³/mol. The molecular formula is C21H27N5O3S2. The third-order valence-corrected chi connectivity index (χ3v) is 7.01. The molecular weight excluding hydrogens is 434 g/mol. The van der Waals surface area contributed by atoms with Gasteiger partial charge in [0.25, 0.3) is 11.5 Å². The molecule has 10 heteroatoms. The minimum absolute atomic E-state index is 0.112. The van der Waals surface area contributed by atoms with Gasteiger partial charge >= 0.3 is 0 Å². The minimum Gasteiger partial charge on any atom is -0.383 e. The Kier molecular flexibility index (Phi) is 7.54. The average molecular weight is 462 g/mol. The van der Waals surface area contributed by atoms with Gasteiger partial charge in [-0.15, -0.1) is 0 Å². The lowest BCUT2D eigenvalue weighted by Crippen LogP contribution is -2.47. The lowest BCUT2D eigenvalue weighted by molar-refractivity contribution is -0.122. The number of amides is 1. The molecule has 0 aromatic carbocycles. The number of thiocarbonyl (C=S) groups is 1. The number of nitrogens with zero attached hydrogens (tertiary/aromatic N) is 5. The molecule has 31 heavy (non-hydrogen) atoms. The molecule has 1 amide bonds. The smallest absolute Gasteiger partial charge is 0.270 e. The maximum atomic E-state index is 13.0. The monoisotopic (exact) mass is 461 g/mol. The highest BCUT2D eigenvalue weighted by atomic mass is 32.2. The van der Waals surface area contributed by atoms with Crippen molar-refractivity contribution in [2.45, 2.75) is 20.4 Å². The van der Waals surface area contributed by atoms with Gasteiger partial charge in [0, 0.05) is 45.4 Å². The van der Waals surface area contributed by atoms with E-state index in [1.54, 1.807) is 24.7 Å². The summed E-state index contributed by atoms with van der Waals surface area (Å²) < 4.78 is 7.22. The maximum Gasteiger partial charge on any atom is 0.270 e. The zero-order chi connectivity index (χ0) is 22.7. The number of pyridine rings is 1. The Balaban J connectivity index is 2.16. The van der Waals surface area contributed by atoms with Crippen LogP contribution in [0.4, 0.5) is 5.82 Å². The normalized spacial score (nSPS) is 18.9. The summed E-state index contributed by atoms with van der Waals surface area (Å²) in [7, 11) is 3.65. The molecule has 0 N–H and O–H groups in total. The molecule has 0 saturated carbocycles. The molecule has 3 heterocycles. The summed E-state index contributed by atoms with van der Waals surface area (Å²) in [6.07, 6.45) is 1.79. The third kappa shape index (κ3) is 4.55. The molecule has 0 radical (unpaired) electrons. The van der Waals surface area contributed by atoms with Gasteiger partial charge in [0.15, 0.2) is 0 Å². The first-order valence-electron chi connectivity index (χ1n) is 10.2. The zero-order valence-electron chi connectivity index (χ0n) is 18.3. The van der Waals surface area contributed by atoms with Crippen LogP contribution in [-0.4, -0.2) is 78.1 Å². The molecule has 0 spiro atoms. The first-order valence-corrected chi connectivity index (χ1v) is 11.4. The molecule has 1 aromatic heterocycles. The number of rotatable bonds is 6. The van der Waals surface area contributed by atoms with E-state index in [1.807, 2.05) is 6.92 Å². The lowest BCUT2D eigenvalue weighted by atomic mass is 10.0. The summed E-state index contributed by atoms with van der Waals surface area (Å²) in [5.41, 5.74) is 1.14. The van der Waals surface area contributed by atoms with Crippen molar-refractivity contribution in [2.75, 3.05) is 58.4 Å². The van der Waals surface area contributed by atoms with Gasteiger partial charge in [-0.3, -0.25) is 19.1 Å². The topological polar surface area (TPSA) is 81.8 Å². The number of hydrogen-bond donors (Lipinski definition) is 0. The summed E-state index contributed by atoms with van der Waals surface area (Å²) in [4.78, 5) is 32.4. The summed E-state index contributed by atoms with van der Waals surface area (Å²) in [6, 6.07) is 2.06. The van der Waals surface area contributed by atoms with E-state index >= 15 is 0 Å².